The molecule has 0 rings (SSSR count). The summed E-state index contributed by atoms with van der Waals surface area (Å²) < 4.78 is 43.3. The summed E-state index contributed by atoms with van der Waals surface area (Å²) in [6.07, 6.45) is 7.26. The van der Waals surface area contributed by atoms with E-state index in [0.29, 0.717) is 0 Å². The number of aliphatic hydroxyl groups excluding tert-OH is 1. The third-order valence-electron chi connectivity index (χ3n) is 4.18. The summed E-state index contributed by atoms with van der Waals surface area (Å²) in [6.45, 7) is 10.6. The third kappa shape index (κ3) is 23.7. The average Bonchev–Trinajstić information content (AvgIpc) is 2.61. The van der Waals surface area contributed by atoms with E-state index < -0.39 is 10.4 Å². The molecule has 0 heterocycles. The fourth-order valence-corrected chi connectivity index (χ4v) is 2.26. The van der Waals surface area contributed by atoms with Crippen molar-refractivity contribution in [2.75, 3.05) is 66.8 Å². The van der Waals surface area contributed by atoms with Crippen LogP contribution in [0.2, 0.25) is 0 Å². The van der Waals surface area contributed by atoms with Crippen molar-refractivity contribution in [2.45, 2.75) is 52.4 Å². The number of unbranched alkanes of at least 4 members (excludes halogenated alkanes) is 4. The van der Waals surface area contributed by atoms with Crippen LogP contribution in [0.15, 0.2) is 0 Å². The molecule has 0 unspecified atom stereocenters. The zero-order valence-electron chi connectivity index (χ0n) is 17.7. The highest BCUT2D eigenvalue weighted by Crippen LogP contribution is 2.03. The minimum Gasteiger partial charge on any atom is -0.726 e. The monoisotopic (exact) mass is 415 g/mol. The van der Waals surface area contributed by atoms with E-state index in [1.807, 2.05) is 0 Å². The van der Waals surface area contributed by atoms with Crippen molar-refractivity contribution in [1.29, 1.82) is 0 Å². The molecule has 0 radical (unpaired) electrons. The van der Waals surface area contributed by atoms with E-state index in [1.54, 1.807) is 0 Å². The van der Waals surface area contributed by atoms with E-state index in [0.717, 1.165) is 70.5 Å². The summed E-state index contributed by atoms with van der Waals surface area (Å²) in [5.74, 6) is 0. The molecule has 0 fully saturated rings. The Morgan fingerprint density at radius 1 is 0.852 bits per heavy atom. The van der Waals surface area contributed by atoms with Gasteiger partial charge in [-0.25, -0.2) is 8.42 Å². The zero-order chi connectivity index (χ0) is 21.0. The first-order valence-electron chi connectivity index (χ1n) is 9.86. The van der Waals surface area contributed by atoms with Crippen molar-refractivity contribution in [3.8, 4) is 0 Å². The highest BCUT2D eigenvalue weighted by molar-refractivity contribution is 7.80. The van der Waals surface area contributed by atoms with Gasteiger partial charge in [0, 0.05) is 13.2 Å². The van der Waals surface area contributed by atoms with E-state index in [2.05, 4.69) is 25.1 Å². The number of hydrogen-bond donors (Lipinski definition) is 1. The van der Waals surface area contributed by atoms with Crippen LogP contribution in [0.1, 0.15) is 52.4 Å². The molecule has 8 nitrogen and oxygen atoms in total. The second-order valence-electron chi connectivity index (χ2n) is 6.73. The number of hydrogen-bond acceptors (Lipinski definition) is 7. The third-order valence-corrected chi connectivity index (χ3v) is 4.59. The molecule has 0 aromatic heterocycles. The van der Waals surface area contributed by atoms with E-state index in [9.17, 15) is 18.1 Å². The predicted molar refractivity (Wildman–Crippen MR) is 105 cm³/mol. The molecular weight excluding hydrogens is 374 g/mol. The number of aliphatic hydroxyl groups is 1. The van der Waals surface area contributed by atoms with Crippen LogP contribution in [0, 0.1) is 0 Å². The summed E-state index contributed by atoms with van der Waals surface area (Å²) in [6, 6.07) is 0. The van der Waals surface area contributed by atoms with E-state index >= 15 is 0 Å². The lowest BCUT2D eigenvalue weighted by Crippen LogP contribution is -2.50. The number of nitrogens with zero attached hydrogens (tertiary/aromatic N) is 1. The quantitative estimate of drug-likeness (QED) is 0.167. The van der Waals surface area contributed by atoms with Crippen molar-refractivity contribution in [3.63, 3.8) is 0 Å². The fraction of sp³-hybridized carbons (Fsp3) is 1.00. The summed E-state index contributed by atoms with van der Waals surface area (Å²) in [4.78, 5) is 0. The maximum Gasteiger partial charge on any atom is 0.217 e. The average molecular weight is 416 g/mol. The predicted octanol–water partition coefficient (Wildman–Crippen LogP) is 1.93. The van der Waals surface area contributed by atoms with Crippen LogP contribution in [-0.2, 0) is 24.1 Å². The van der Waals surface area contributed by atoms with Gasteiger partial charge in [0.15, 0.2) is 0 Å². The molecule has 0 aromatic rings. The molecular formula is C18H41NO7S. The Balaban J connectivity index is 0. The SMILES string of the molecule is CCCCCOCC[N+](C)(CCO)CCOCCCCC.COS(=O)(=O)[O-]. The van der Waals surface area contributed by atoms with Crippen LogP contribution in [0.25, 0.3) is 0 Å². The lowest BCUT2D eigenvalue weighted by atomic mass is 10.3. The Hall–Kier alpha value is -0.290. The van der Waals surface area contributed by atoms with Gasteiger partial charge in [0.1, 0.15) is 19.6 Å². The van der Waals surface area contributed by atoms with Crippen molar-refractivity contribution in [1.82, 2.24) is 0 Å². The molecule has 0 spiro atoms. The molecule has 0 saturated carbocycles. The summed E-state index contributed by atoms with van der Waals surface area (Å²) in [5, 5.41) is 9.25. The number of quaternary nitrogens is 1. The molecule has 27 heavy (non-hydrogen) atoms. The van der Waals surface area contributed by atoms with Crippen molar-refractivity contribution < 1.29 is 36.2 Å². The summed E-state index contributed by atoms with van der Waals surface area (Å²) in [7, 11) is -1.42. The minimum absolute atomic E-state index is 0.224. The first-order valence-corrected chi connectivity index (χ1v) is 11.2. The molecule has 0 aromatic carbocycles. The highest BCUT2D eigenvalue weighted by Gasteiger charge is 2.20. The Morgan fingerprint density at radius 3 is 1.56 bits per heavy atom. The Morgan fingerprint density at radius 2 is 1.26 bits per heavy atom. The van der Waals surface area contributed by atoms with Crippen LogP contribution in [-0.4, -0.2) is 89.4 Å². The van der Waals surface area contributed by atoms with Crippen molar-refractivity contribution >= 4 is 10.4 Å². The largest absolute Gasteiger partial charge is 0.726 e. The highest BCUT2D eigenvalue weighted by atomic mass is 32.3. The lowest BCUT2D eigenvalue weighted by molar-refractivity contribution is -0.910. The Bertz CT molecular complexity index is 389. The second kappa shape index (κ2) is 19.0. The van der Waals surface area contributed by atoms with Crippen molar-refractivity contribution in [3.05, 3.63) is 0 Å². The van der Waals surface area contributed by atoms with Crippen LogP contribution in [0.5, 0.6) is 0 Å². The number of ether oxygens (including phenoxy) is 2. The van der Waals surface area contributed by atoms with E-state index in [4.69, 9.17) is 9.47 Å². The molecule has 0 aliphatic heterocycles. The van der Waals surface area contributed by atoms with Crippen LogP contribution in [0.3, 0.4) is 0 Å². The molecule has 0 atom stereocenters. The van der Waals surface area contributed by atoms with Gasteiger partial charge in [-0.1, -0.05) is 39.5 Å². The molecule has 0 amide bonds. The Labute approximate surface area is 166 Å². The number of likely N-dealkylation sites (N-methyl/N-ethyl adjacent to an activating group) is 1. The first kappa shape index (κ1) is 28.9. The van der Waals surface area contributed by atoms with Gasteiger partial charge in [0.2, 0.25) is 10.4 Å². The molecule has 0 aliphatic rings. The molecule has 0 aliphatic carbocycles. The van der Waals surface area contributed by atoms with Gasteiger partial charge < -0.3 is 23.6 Å². The zero-order valence-corrected chi connectivity index (χ0v) is 18.5. The molecule has 0 saturated heterocycles. The maximum absolute atomic E-state index is 9.25. The minimum atomic E-state index is -4.41. The topological polar surface area (TPSA) is 105 Å². The first-order chi connectivity index (χ1) is 12.7. The van der Waals surface area contributed by atoms with Gasteiger partial charge in [-0.15, -0.1) is 0 Å². The van der Waals surface area contributed by atoms with Gasteiger partial charge >= 0.3 is 0 Å². The van der Waals surface area contributed by atoms with Crippen LogP contribution >= 0.6 is 0 Å². The summed E-state index contributed by atoms with van der Waals surface area (Å²) in [5.41, 5.74) is 0. The van der Waals surface area contributed by atoms with Crippen LogP contribution < -0.4 is 0 Å². The van der Waals surface area contributed by atoms with Crippen molar-refractivity contribution in [2.24, 2.45) is 0 Å². The van der Waals surface area contributed by atoms with E-state index in [1.165, 1.54) is 25.7 Å². The van der Waals surface area contributed by atoms with E-state index in [-0.39, 0.29) is 6.61 Å². The molecule has 9 heteroatoms. The lowest BCUT2D eigenvalue weighted by Gasteiger charge is -2.33. The van der Waals surface area contributed by atoms with Gasteiger partial charge in [-0.2, -0.15) is 0 Å². The smallest absolute Gasteiger partial charge is 0.217 e. The molecule has 1 N–H and O–H groups in total. The van der Waals surface area contributed by atoms with Gasteiger partial charge in [0.05, 0.1) is 34.0 Å². The molecule has 166 valence electrons. The van der Waals surface area contributed by atoms with Gasteiger partial charge in [0.25, 0.3) is 0 Å². The Kier molecular flexibility index (Phi) is 20.4. The maximum atomic E-state index is 9.25. The molecule has 0 bridgehead atoms. The van der Waals surface area contributed by atoms with Gasteiger partial charge in [-0.3, -0.25) is 4.18 Å². The van der Waals surface area contributed by atoms with Crippen LogP contribution in [0.4, 0.5) is 0 Å². The normalized spacial score (nSPS) is 11.9. The summed E-state index contributed by atoms with van der Waals surface area (Å²) >= 11 is 0. The second-order valence-corrected chi connectivity index (χ2v) is 7.88. The van der Waals surface area contributed by atoms with Gasteiger partial charge in [-0.05, 0) is 12.8 Å². The number of rotatable bonds is 17. The fourth-order valence-electron chi connectivity index (χ4n) is 2.26. The standard InChI is InChI=1S/C17H38NO3.CH4O4S/c1-4-6-8-14-20-16-11-18(3,10-13-19)12-17-21-15-9-7-5-2;1-5-6(2,3)4/h19H,4-17H2,1-3H3;1H3,(H,2,3,4)/q+1;/p-1.